The topological polar surface area (TPSA) is 58.6 Å². The fraction of sp³-hybridized carbons (Fsp3) is 0.857. The zero-order valence-corrected chi connectivity index (χ0v) is 12.3. The molecule has 0 atom stereocenters. The summed E-state index contributed by atoms with van der Waals surface area (Å²) in [5.41, 5.74) is 0. The third-order valence-corrected chi connectivity index (χ3v) is 3.43. The summed E-state index contributed by atoms with van der Waals surface area (Å²) in [4.78, 5) is 25.3. The van der Waals surface area contributed by atoms with Gasteiger partial charge in [-0.15, -0.1) is 0 Å². The van der Waals surface area contributed by atoms with E-state index < -0.39 is 0 Å². The van der Waals surface area contributed by atoms with E-state index in [1.165, 1.54) is 12.8 Å². The van der Waals surface area contributed by atoms with E-state index in [1.807, 2.05) is 18.7 Å². The van der Waals surface area contributed by atoms with Gasteiger partial charge in [-0.05, 0) is 33.6 Å². The van der Waals surface area contributed by atoms with E-state index in [1.54, 1.807) is 6.92 Å². The Labute approximate surface area is 115 Å². The van der Waals surface area contributed by atoms with Gasteiger partial charge in [0.1, 0.15) is 0 Å². The van der Waals surface area contributed by atoms with Gasteiger partial charge in [-0.2, -0.15) is 0 Å². The molecular formula is C14H26N2O3. The fourth-order valence-electron chi connectivity index (χ4n) is 2.32. The smallest absolute Gasteiger partial charge is 0.320 e. The quantitative estimate of drug-likeness (QED) is 0.709. The molecule has 1 rings (SSSR count). The molecule has 0 aromatic heterocycles. The number of rotatable bonds is 7. The third-order valence-electron chi connectivity index (χ3n) is 3.43. The lowest BCUT2D eigenvalue weighted by Crippen LogP contribution is -2.45. The number of carbonyl (C=O) groups excluding carboxylic acids is 2. The van der Waals surface area contributed by atoms with Gasteiger partial charge in [0.05, 0.1) is 19.7 Å². The number of amides is 1. The van der Waals surface area contributed by atoms with Crippen molar-refractivity contribution in [3.05, 3.63) is 0 Å². The number of hydrogen-bond donors (Lipinski definition) is 1. The highest BCUT2D eigenvalue weighted by Gasteiger charge is 2.21. The first-order chi connectivity index (χ1) is 9.02. The summed E-state index contributed by atoms with van der Waals surface area (Å²) in [5, 5.41) is 3.04. The first-order valence-electron chi connectivity index (χ1n) is 7.22. The second-order valence-corrected chi connectivity index (χ2v) is 5.35. The Bertz CT molecular complexity index is 299. The van der Waals surface area contributed by atoms with Crippen molar-refractivity contribution in [2.45, 2.75) is 58.5 Å². The molecule has 0 heterocycles. The van der Waals surface area contributed by atoms with Gasteiger partial charge in [0.25, 0.3) is 0 Å². The van der Waals surface area contributed by atoms with Gasteiger partial charge in [0.2, 0.25) is 5.91 Å². The van der Waals surface area contributed by atoms with Crippen LogP contribution < -0.4 is 5.32 Å². The molecule has 1 fully saturated rings. The van der Waals surface area contributed by atoms with E-state index in [0.717, 1.165) is 12.8 Å². The van der Waals surface area contributed by atoms with Crippen molar-refractivity contribution in [1.29, 1.82) is 0 Å². The molecule has 1 amide bonds. The lowest BCUT2D eigenvalue weighted by molar-refractivity contribution is -0.145. The van der Waals surface area contributed by atoms with Crippen LogP contribution in [0, 0.1) is 0 Å². The van der Waals surface area contributed by atoms with E-state index in [9.17, 15) is 9.59 Å². The first kappa shape index (κ1) is 16.0. The van der Waals surface area contributed by atoms with Gasteiger partial charge in [-0.25, -0.2) is 0 Å². The highest BCUT2D eigenvalue weighted by atomic mass is 16.5. The van der Waals surface area contributed by atoms with Crippen molar-refractivity contribution in [2.75, 3.05) is 19.7 Å². The molecule has 0 radical (unpaired) electrons. The third kappa shape index (κ3) is 6.05. The highest BCUT2D eigenvalue weighted by molar-refractivity contribution is 5.79. The molecule has 110 valence electrons. The predicted octanol–water partition coefficient (Wildman–Crippen LogP) is 1.32. The monoisotopic (exact) mass is 270 g/mol. The molecule has 0 unspecified atom stereocenters. The maximum atomic E-state index is 11.9. The molecule has 0 spiro atoms. The van der Waals surface area contributed by atoms with Crippen molar-refractivity contribution in [1.82, 2.24) is 10.2 Å². The van der Waals surface area contributed by atoms with Crippen LogP contribution in [-0.4, -0.2) is 48.6 Å². The summed E-state index contributed by atoms with van der Waals surface area (Å²) in [7, 11) is 0. The first-order valence-corrected chi connectivity index (χ1v) is 7.22. The molecular weight excluding hydrogens is 244 g/mol. The minimum absolute atomic E-state index is 0.00454. The van der Waals surface area contributed by atoms with Crippen LogP contribution in [0.15, 0.2) is 0 Å². The molecule has 1 saturated carbocycles. The number of esters is 1. The van der Waals surface area contributed by atoms with Gasteiger partial charge in [0.15, 0.2) is 0 Å². The van der Waals surface area contributed by atoms with Crippen molar-refractivity contribution < 1.29 is 14.3 Å². The summed E-state index contributed by atoms with van der Waals surface area (Å²) in [6.45, 7) is 6.53. The van der Waals surface area contributed by atoms with Crippen molar-refractivity contribution in [3.8, 4) is 0 Å². The van der Waals surface area contributed by atoms with Crippen LogP contribution in [0.25, 0.3) is 0 Å². The second-order valence-electron chi connectivity index (χ2n) is 5.35. The molecule has 0 aromatic rings. The SMILES string of the molecule is CCOC(=O)CN(CC(=O)NC1CCCC1)C(C)C. The Morgan fingerprint density at radius 1 is 1.26 bits per heavy atom. The molecule has 1 aliphatic rings. The van der Waals surface area contributed by atoms with Crippen molar-refractivity contribution >= 4 is 11.9 Å². The van der Waals surface area contributed by atoms with Crippen LogP contribution in [0.2, 0.25) is 0 Å². The summed E-state index contributed by atoms with van der Waals surface area (Å²) in [6.07, 6.45) is 4.54. The maximum Gasteiger partial charge on any atom is 0.320 e. The Balaban J connectivity index is 2.38. The van der Waals surface area contributed by atoms with Crippen molar-refractivity contribution in [2.24, 2.45) is 0 Å². The molecule has 0 saturated heterocycles. The molecule has 5 nitrogen and oxygen atoms in total. The summed E-state index contributed by atoms with van der Waals surface area (Å²) in [5.74, 6) is -0.269. The number of ether oxygens (including phenoxy) is 1. The van der Waals surface area contributed by atoms with Crippen LogP contribution in [-0.2, 0) is 14.3 Å². The standard InChI is InChI=1S/C14H26N2O3/c1-4-19-14(18)10-16(11(2)3)9-13(17)15-12-7-5-6-8-12/h11-12H,4-10H2,1-3H3,(H,15,17). The van der Waals surface area contributed by atoms with Crippen LogP contribution >= 0.6 is 0 Å². The Hall–Kier alpha value is -1.10. The van der Waals surface area contributed by atoms with Gasteiger partial charge in [-0.1, -0.05) is 12.8 Å². The predicted molar refractivity (Wildman–Crippen MR) is 73.7 cm³/mol. The fourth-order valence-corrected chi connectivity index (χ4v) is 2.32. The highest BCUT2D eigenvalue weighted by Crippen LogP contribution is 2.17. The van der Waals surface area contributed by atoms with E-state index in [2.05, 4.69) is 5.32 Å². The summed E-state index contributed by atoms with van der Waals surface area (Å²) in [6, 6.07) is 0.461. The van der Waals surface area contributed by atoms with Crippen LogP contribution in [0.3, 0.4) is 0 Å². The molecule has 1 N–H and O–H groups in total. The normalized spacial score (nSPS) is 16.1. The van der Waals surface area contributed by atoms with Crippen LogP contribution in [0.5, 0.6) is 0 Å². The van der Waals surface area contributed by atoms with E-state index in [4.69, 9.17) is 4.74 Å². The van der Waals surface area contributed by atoms with Crippen LogP contribution in [0.1, 0.15) is 46.5 Å². The Morgan fingerprint density at radius 2 is 1.89 bits per heavy atom. The van der Waals surface area contributed by atoms with Gasteiger partial charge >= 0.3 is 5.97 Å². The zero-order valence-electron chi connectivity index (χ0n) is 12.3. The minimum Gasteiger partial charge on any atom is -0.465 e. The zero-order chi connectivity index (χ0) is 14.3. The Kier molecular flexibility index (Phi) is 6.84. The molecule has 5 heteroatoms. The average Bonchev–Trinajstić information content (AvgIpc) is 2.81. The van der Waals surface area contributed by atoms with Gasteiger partial charge < -0.3 is 10.1 Å². The lowest BCUT2D eigenvalue weighted by atomic mass is 10.2. The van der Waals surface area contributed by atoms with E-state index >= 15 is 0 Å². The second kappa shape index (κ2) is 8.15. The van der Waals surface area contributed by atoms with E-state index in [-0.39, 0.29) is 31.0 Å². The Morgan fingerprint density at radius 3 is 2.42 bits per heavy atom. The van der Waals surface area contributed by atoms with Gasteiger partial charge in [-0.3, -0.25) is 14.5 Å². The molecule has 1 aliphatic carbocycles. The van der Waals surface area contributed by atoms with Crippen molar-refractivity contribution in [3.63, 3.8) is 0 Å². The van der Waals surface area contributed by atoms with E-state index in [0.29, 0.717) is 12.6 Å². The summed E-state index contributed by atoms with van der Waals surface area (Å²) >= 11 is 0. The lowest BCUT2D eigenvalue weighted by Gasteiger charge is -2.25. The molecule has 19 heavy (non-hydrogen) atoms. The van der Waals surface area contributed by atoms with Gasteiger partial charge in [0, 0.05) is 12.1 Å². The molecule has 0 aromatic carbocycles. The number of nitrogens with one attached hydrogen (secondary N) is 1. The number of carbonyl (C=O) groups is 2. The molecule has 0 bridgehead atoms. The average molecular weight is 270 g/mol. The number of nitrogens with zero attached hydrogens (tertiary/aromatic N) is 1. The summed E-state index contributed by atoms with van der Waals surface area (Å²) < 4.78 is 4.93. The van der Waals surface area contributed by atoms with Crippen LogP contribution in [0.4, 0.5) is 0 Å². The largest absolute Gasteiger partial charge is 0.465 e. The minimum atomic E-state index is -0.273. The molecule has 0 aliphatic heterocycles. The maximum absolute atomic E-state index is 11.9. The number of hydrogen-bond acceptors (Lipinski definition) is 4.